The molecule has 0 bridgehead atoms. The highest BCUT2D eigenvalue weighted by molar-refractivity contribution is 4.75. The number of ether oxygens (including phenoxy) is 1. The molecule has 0 aromatic heterocycles. The molecule has 2 heteroatoms. The Kier molecular flexibility index (Phi) is 6.26. The first-order chi connectivity index (χ1) is 7.24. The third kappa shape index (κ3) is 4.98. The van der Waals surface area contributed by atoms with Crippen molar-refractivity contribution in [3.8, 4) is 0 Å². The van der Waals surface area contributed by atoms with Gasteiger partial charge in [-0.2, -0.15) is 0 Å². The van der Waals surface area contributed by atoms with Crippen LogP contribution in [0.4, 0.5) is 0 Å². The van der Waals surface area contributed by atoms with Gasteiger partial charge >= 0.3 is 0 Å². The summed E-state index contributed by atoms with van der Waals surface area (Å²) in [6.07, 6.45) is 9.42. The Balaban J connectivity index is 2.17. The first-order valence-corrected chi connectivity index (χ1v) is 6.48. The molecule has 0 radical (unpaired) electrons. The van der Waals surface area contributed by atoms with Gasteiger partial charge in [0.2, 0.25) is 0 Å². The number of nitrogens with two attached hydrogens (primary N) is 1. The maximum Gasteiger partial charge on any atom is 0.0465 e. The van der Waals surface area contributed by atoms with Gasteiger partial charge in [0, 0.05) is 19.8 Å². The molecule has 2 unspecified atom stereocenters. The van der Waals surface area contributed by atoms with E-state index in [9.17, 15) is 0 Å². The fourth-order valence-electron chi connectivity index (χ4n) is 2.56. The molecule has 1 saturated carbocycles. The van der Waals surface area contributed by atoms with Crippen molar-refractivity contribution in [2.75, 3.05) is 13.7 Å². The van der Waals surface area contributed by atoms with E-state index in [0.717, 1.165) is 18.9 Å². The lowest BCUT2D eigenvalue weighted by Crippen LogP contribution is -2.32. The zero-order valence-electron chi connectivity index (χ0n) is 10.4. The van der Waals surface area contributed by atoms with Gasteiger partial charge in [-0.1, -0.05) is 39.0 Å². The van der Waals surface area contributed by atoms with Gasteiger partial charge in [-0.15, -0.1) is 0 Å². The standard InChI is InChI=1S/C13H27NO/c1-11(8-9-15-2)13(14)10-12-6-4-3-5-7-12/h11-13H,3-10,14H2,1-2H3. The molecule has 2 nitrogen and oxygen atoms in total. The molecule has 0 spiro atoms. The van der Waals surface area contributed by atoms with E-state index < -0.39 is 0 Å². The molecule has 2 N–H and O–H groups in total. The largest absolute Gasteiger partial charge is 0.385 e. The molecule has 0 aliphatic heterocycles. The minimum atomic E-state index is 0.378. The van der Waals surface area contributed by atoms with Crippen LogP contribution in [0.1, 0.15) is 51.9 Å². The molecular weight excluding hydrogens is 186 g/mol. The second kappa shape index (κ2) is 7.24. The van der Waals surface area contributed by atoms with Gasteiger partial charge in [0.15, 0.2) is 0 Å². The maximum absolute atomic E-state index is 6.23. The summed E-state index contributed by atoms with van der Waals surface area (Å²) in [6.45, 7) is 3.10. The van der Waals surface area contributed by atoms with Crippen molar-refractivity contribution in [2.45, 2.75) is 57.9 Å². The van der Waals surface area contributed by atoms with E-state index in [0.29, 0.717) is 12.0 Å². The SMILES string of the molecule is COCCC(C)C(N)CC1CCCCC1. The van der Waals surface area contributed by atoms with Crippen LogP contribution in [-0.2, 0) is 4.74 Å². The van der Waals surface area contributed by atoms with Crippen LogP contribution in [0.2, 0.25) is 0 Å². The fourth-order valence-corrected chi connectivity index (χ4v) is 2.56. The van der Waals surface area contributed by atoms with E-state index in [4.69, 9.17) is 10.5 Å². The number of hydrogen-bond donors (Lipinski definition) is 1. The van der Waals surface area contributed by atoms with E-state index in [1.807, 2.05) is 0 Å². The zero-order valence-corrected chi connectivity index (χ0v) is 10.4. The van der Waals surface area contributed by atoms with Crippen molar-refractivity contribution >= 4 is 0 Å². The molecule has 1 aliphatic carbocycles. The van der Waals surface area contributed by atoms with Gasteiger partial charge < -0.3 is 10.5 Å². The second-order valence-electron chi connectivity index (χ2n) is 5.16. The van der Waals surface area contributed by atoms with Gasteiger partial charge in [0.1, 0.15) is 0 Å². The summed E-state index contributed by atoms with van der Waals surface area (Å²) in [5.74, 6) is 1.51. The summed E-state index contributed by atoms with van der Waals surface area (Å²) in [5, 5.41) is 0. The Labute approximate surface area is 94.6 Å². The third-order valence-corrected chi connectivity index (χ3v) is 3.84. The summed E-state index contributed by atoms with van der Waals surface area (Å²) in [4.78, 5) is 0. The van der Waals surface area contributed by atoms with Crippen LogP contribution in [0, 0.1) is 11.8 Å². The van der Waals surface area contributed by atoms with Crippen LogP contribution in [0.15, 0.2) is 0 Å². The van der Waals surface area contributed by atoms with Gasteiger partial charge in [-0.25, -0.2) is 0 Å². The van der Waals surface area contributed by atoms with Crippen LogP contribution in [0.5, 0.6) is 0 Å². The first-order valence-electron chi connectivity index (χ1n) is 6.48. The van der Waals surface area contributed by atoms with Gasteiger partial charge in [0.05, 0.1) is 0 Å². The predicted octanol–water partition coefficient (Wildman–Crippen LogP) is 2.96. The highest BCUT2D eigenvalue weighted by Gasteiger charge is 2.20. The third-order valence-electron chi connectivity index (χ3n) is 3.84. The van der Waals surface area contributed by atoms with Crippen molar-refractivity contribution < 1.29 is 4.74 Å². The number of methoxy groups -OCH3 is 1. The maximum atomic E-state index is 6.23. The Morgan fingerprint density at radius 2 is 1.93 bits per heavy atom. The summed E-state index contributed by atoms with van der Waals surface area (Å²) in [6, 6.07) is 0.378. The molecule has 0 aromatic rings. The molecule has 1 fully saturated rings. The molecule has 0 saturated heterocycles. The van der Waals surface area contributed by atoms with Crippen LogP contribution >= 0.6 is 0 Å². The van der Waals surface area contributed by atoms with E-state index >= 15 is 0 Å². The van der Waals surface area contributed by atoms with Crippen LogP contribution in [0.3, 0.4) is 0 Å². The van der Waals surface area contributed by atoms with Crippen LogP contribution in [-0.4, -0.2) is 19.8 Å². The Bertz CT molecular complexity index is 155. The van der Waals surface area contributed by atoms with Crippen molar-refractivity contribution in [1.29, 1.82) is 0 Å². The summed E-state index contributed by atoms with van der Waals surface area (Å²) in [5.41, 5.74) is 6.23. The van der Waals surface area contributed by atoms with E-state index in [1.54, 1.807) is 7.11 Å². The quantitative estimate of drug-likeness (QED) is 0.736. The van der Waals surface area contributed by atoms with Gasteiger partial charge in [0.25, 0.3) is 0 Å². The smallest absolute Gasteiger partial charge is 0.0465 e. The highest BCUT2D eigenvalue weighted by atomic mass is 16.5. The molecule has 1 aliphatic rings. The summed E-state index contributed by atoms with van der Waals surface area (Å²) >= 11 is 0. The lowest BCUT2D eigenvalue weighted by atomic mass is 9.82. The first kappa shape index (κ1) is 13.0. The molecular formula is C13H27NO. The Morgan fingerprint density at radius 1 is 1.27 bits per heavy atom. The molecule has 0 amide bonds. The molecule has 15 heavy (non-hydrogen) atoms. The molecule has 1 rings (SSSR count). The van der Waals surface area contributed by atoms with E-state index in [-0.39, 0.29) is 0 Å². The normalized spacial score (nSPS) is 22.6. The number of rotatable bonds is 6. The molecule has 2 atom stereocenters. The monoisotopic (exact) mass is 213 g/mol. The minimum Gasteiger partial charge on any atom is -0.385 e. The van der Waals surface area contributed by atoms with Crippen molar-refractivity contribution in [3.05, 3.63) is 0 Å². The van der Waals surface area contributed by atoms with Crippen LogP contribution < -0.4 is 5.73 Å². The highest BCUT2D eigenvalue weighted by Crippen LogP contribution is 2.28. The predicted molar refractivity (Wildman–Crippen MR) is 64.8 cm³/mol. The molecule has 0 heterocycles. The van der Waals surface area contributed by atoms with Crippen molar-refractivity contribution in [2.24, 2.45) is 17.6 Å². The van der Waals surface area contributed by atoms with Crippen molar-refractivity contribution in [3.63, 3.8) is 0 Å². The molecule has 0 aromatic carbocycles. The van der Waals surface area contributed by atoms with E-state index in [1.165, 1.54) is 38.5 Å². The molecule has 90 valence electrons. The van der Waals surface area contributed by atoms with Crippen molar-refractivity contribution in [1.82, 2.24) is 0 Å². The lowest BCUT2D eigenvalue weighted by Gasteiger charge is -2.27. The average Bonchev–Trinajstić information content (AvgIpc) is 2.27. The van der Waals surface area contributed by atoms with E-state index in [2.05, 4.69) is 6.92 Å². The van der Waals surface area contributed by atoms with Gasteiger partial charge in [-0.05, 0) is 24.7 Å². The topological polar surface area (TPSA) is 35.2 Å². The Hall–Kier alpha value is -0.0800. The lowest BCUT2D eigenvalue weighted by molar-refractivity contribution is 0.169. The summed E-state index contributed by atoms with van der Waals surface area (Å²) in [7, 11) is 1.76. The minimum absolute atomic E-state index is 0.378. The zero-order chi connectivity index (χ0) is 11.1. The van der Waals surface area contributed by atoms with Gasteiger partial charge in [-0.3, -0.25) is 0 Å². The Morgan fingerprint density at radius 3 is 2.53 bits per heavy atom. The number of hydrogen-bond acceptors (Lipinski definition) is 2. The van der Waals surface area contributed by atoms with Crippen LogP contribution in [0.25, 0.3) is 0 Å². The average molecular weight is 213 g/mol. The second-order valence-corrected chi connectivity index (χ2v) is 5.16. The fraction of sp³-hybridized carbons (Fsp3) is 1.00. The summed E-state index contributed by atoms with van der Waals surface area (Å²) < 4.78 is 5.10.